The Morgan fingerprint density at radius 3 is 2.54 bits per heavy atom. The van der Waals surface area contributed by atoms with E-state index in [9.17, 15) is 4.79 Å². The van der Waals surface area contributed by atoms with Gasteiger partial charge in [-0.15, -0.1) is 11.3 Å². The topological polar surface area (TPSA) is 29.1 Å². The van der Waals surface area contributed by atoms with Gasteiger partial charge in [0.05, 0.1) is 0 Å². The van der Waals surface area contributed by atoms with Crippen LogP contribution in [0.25, 0.3) is 10.1 Å². The highest BCUT2D eigenvalue weighted by molar-refractivity contribution is 7.17. The molecule has 2 nitrogen and oxygen atoms in total. The number of carbonyl (C=O) groups is 1. The largest absolute Gasteiger partial charge is 0.349 e. The van der Waals surface area contributed by atoms with Gasteiger partial charge in [-0.3, -0.25) is 4.79 Å². The molecule has 3 aromatic rings. The fourth-order valence-electron chi connectivity index (χ4n) is 3.95. The molecule has 0 spiro atoms. The molecule has 1 fully saturated rings. The predicted octanol–water partition coefficient (Wildman–Crippen LogP) is 6.12. The minimum atomic E-state index is 0.0667. The van der Waals surface area contributed by atoms with Crippen LogP contribution < -0.4 is 5.32 Å². The molecule has 0 unspecified atom stereocenters. The highest BCUT2D eigenvalue weighted by atomic mass is 32.1. The van der Waals surface area contributed by atoms with Crippen LogP contribution in [0.4, 0.5) is 0 Å². The van der Waals surface area contributed by atoms with Crippen molar-refractivity contribution in [3.8, 4) is 0 Å². The fourth-order valence-corrected chi connectivity index (χ4v) is 5.01. The number of rotatable bonds is 4. The normalized spacial score (nSPS) is 16.5. The molecule has 1 atom stereocenters. The number of fused-ring (bicyclic) bond motifs is 1. The van der Waals surface area contributed by atoms with Crippen molar-refractivity contribution >= 4 is 27.3 Å². The highest BCUT2D eigenvalue weighted by Crippen LogP contribution is 2.34. The third-order valence-electron chi connectivity index (χ3n) is 5.59. The van der Waals surface area contributed by atoms with Crippen LogP contribution in [0.2, 0.25) is 0 Å². The van der Waals surface area contributed by atoms with Gasteiger partial charge in [0.25, 0.3) is 5.91 Å². The van der Waals surface area contributed by atoms with Crippen molar-refractivity contribution in [1.82, 2.24) is 5.32 Å². The van der Waals surface area contributed by atoms with E-state index in [0.717, 1.165) is 18.4 Å². The number of hydrogen-bond acceptors (Lipinski definition) is 2. The first kappa shape index (κ1) is 17.3. The lowest BCUT2D eigenvalue weighted by atomic mass is 9.92. The van der Waals surface area contributed by atoms with E-state index in [1.807, 2.05) is 12.1 Å². The minimum absolute atomic E-state index is 0.0667. The van der Waals surface area contributed by atoms with Crippen LogP contribution in [0.1, 0.15) is 66.4 Å². The van der Waals surface area contributed by atoms with E-state index < -0.39 is 0 Å². The summed E-state index contributed by atoms with van der Waals surface area (Å²) in [6, 6.07) is 17.1. The van der Waals surface area contributed by atoms with Crippen LogP contribution in [-0.4, -0.2) is 11.9 Å². The van der Waals surface area contributed by atoms with Gasteiger partial charge in [0.2, 0.25) is 0 Å². The molecule has 4 rings (SSSR count). The molecule has 1 aliphatic carbocycles. The summed E-state index contributed by atoms with van der Waals surface area (Å²) >= 11 is 1.80. The summed E-state index contributed by atoms with van der Waals surface area (Å²) in [7, 11) is 0. The highest BCUT2D eigenvalue weighted by Gasteiger charge is 2.17. The van der Waals surface area contributed by atoms with Crippen molar-refractivity contribution in [3.05, 3.63) is 70.6 Å². The maximum Gasteiger partial charge on any atom is 0.251 e. The van der Waals surface area contributed by atoms with E-state index in [2.05, 4.69) is 54.0 Å². The fraction of sp³-hybridized carbons (Fsp3) is 0.348. The zero-order chi connectivity index (χ0) is 17.9. The van der Waals surface area contributed by atoms with Crippen LogP contribution in [0.3, 0.4) is 0 Å². The summed E-state index contributed by atoms with van der Waals surface area (Å²) in [6.45, 7) is 2.24. The lowest BCUT2D eigenvalue weighted by Gasteiger charge is -2.22. The van der Waals surface area contributed by atoms with Gasteiger partial charge in [0.15, 0.2) is 0 Å². The Morgan fingerprint density at radius 2 is 1.77 bits per heavy atom. The maximum atomic E-state index is 12.5. The van der Waals surface area contributed by atoms with E-state index in [4.69, 9.17) is 0 Å². The van der Waals surface area contributed by atoms with Gasteiger partial charge >= 0.3 is 0 Å². The SMILES string of the molecule is C[C@@H](c1ccc(C(=O)NC2CCCCC2)cc1)c1csc2ccccc12. The number of carbonyl (C=O) groups excluding carboxylic acids is 1. The second-order valence-corrected chi connectivity index (χ2v) is 8.25. The first-order chi connectivity index (χ1) is 12.7. The standard InChI is InChI=1S/C23H25NOS/c1-16(21-15-26-22-10-6-5-9-20(21)22)17-11-13-18(14-12-17)23(25)24-19-7-3-2-4-8-19/h5-6,9-16,19H,2-4,7-8H2,1H3,(H,24,25)/t16-/m0/s1. The molecular formula is C23H25NOS. The molecule has 1 aliphatic rings. The molecule has 1 heterocycles. The smallest absolute Gasteiger partial charge is 0.251 e. The van der Waals surface area contributed by atoms with Crippen LogP contribution >= 0.6 is 11.3 Å². The van der Waals surface area contributed by atoms with Crippen molar-refractivity contribution in [1.29, 1.82) is 0 Å². The maximum absolute atomic E-state index is 12.5. The molecule has 1 amide bonds. The van der Waals surface area contributed by atoms with Gasteiger partial charge in [-0.1, -0.05) is 56.5 Å². The van der Waals surface area contributed by atoms with E-state index in [0.29, 0.717) is 12.0 Å². The molecule has 26 heavy (non-hydrogen) atoms. The Bertz CT molecular complexity index is 890. The Morgan fingerprint density at radius 1 is 1.04 bits per heavy atom. The Balaban J connectivity index is 1.49. The van der Waals surface area contributed by atoms with Gasteiger partial charge in [-0.05, 0) is 52.9 Å². The summed E-state index contributed by atoms with van der Waals surface area (Å²) in [5.41, 5.74) is 3.38. The van der Waals surface area contributed by atoms with E-state index in [-0.39, 0.29) is 5.91 Å². The van der Waals surface area contributed by atoms with Crippen LogP contribution in [0, 0.1) is 0 Å². The Hall–Kier alpha value is -2.13. The molecule has 0 aliphatic heterocycles. The Kier molecular flexibility index (Phi) is 5.07. The second-order valence-electron chi connectivity index (χ2n) is 7.34. The van der Waals surface area contributed by atoms with Crippen molar-refractivity contribution in [3.63, 3.8) is 0 Å². The number of thiophene rings is 1. The van der Waals surface area contributed by atoms with Gasteiger partial charge < -0.3 is 5.32 Å². The van der Waals surface area contributed by atoms with Crippen molar-refractivity contribution in [2.75, 3.05) is 0 Å². The molecular weight excluding hydrogens is 338 g/mol. The second kappa shape index (κ2) is 7.63. The number of amides is 1. The number of benzene rings is 2. The summed E-state index contributed by atoms with van der Waals surface area (Å²) < 4.78 is 1.33. The summed E-state index contributed by atoms with van der Waals surface area (Å²) in [4.78, 5) is 12.5. The van der Waals surface area contributed by atoms with E-state index >= 15 is 0 Å². The predicted molar refractivity (Wildman–Crippen MR) is 110 cm³/mol. The molecule has 0 radical (unpaired) electrons. The molecule has 1 N–H and O–H groups in total. The third-order valence-corrected chi connectivity index (χ3v) is 6.57. The van der Waals surface area contributed by atoms with E-state index in [1.165, 1.54) is 40.5 Å². The average molecular weight is 364 g/mol. The van der Waals surface area contributed by atoms with Gasteiger partial charge in [-0.2, -0.15) is 0 Å². The number of hydrogen-bond donors (Lipinski definition) is 1. The van der Waals surface area contributed by atoms with Crippen molar-refractivity contribution in [2.24, 2.45) is 0 Å². The lowest BCUT2D eigenvalue weighted by Crippen LogP contribution is -2.36. The molecule has 1 saturated carbocycles. The Labute approximate surface area is 159 Å². The first-order valence-electron chi connectivity index (χ1n) is 9.59. The van der Waals surface area contributed by atoms with Crippen LogP contribution in [0.15, 0.2) is 53.9 Å². The van der Waals surface area contributed by atoms with Gasteiger partial charge in [-0.25, -0.2) is 0 Å². The summed E-state index contributed by atoms with van der Waals surface area (Å²) in [5.74, 6) is 0.388. The molecule has 2 aromatic carbocycles. The molecule has 0 bridgehead atoms. The van der Waals surface area contributed by atoms with E-state index in [1.54, 1.807) is 11.3 Å². The summed E-state index contributed by atoms with van der Waals surface area (Å²) in [5, 5.41) is 6.80. The van der Waals surface area contributed by atoms with Gasteiger partial charge in [0, 0.05) is 22.2 Å². The van der Waals surface area contributed by atoms with Gasteiger partial charge in [0.1, 0.15) is 0 Å². The van der Waals surface area contributed by atoms with Crippen molar-refractivity contribution in [2.45, 2.75) is 51.0 Å². The molecule has 1 aromatic heterocycles. The molecule has 134 valence electrons. The van der Waals surface area contributed by atoms with Crippen LogP contribution in [-0.2, 0) is 0 Å². The monoisotopic (exact) mass is 363 g/mol. The first-order valence-corrected chi connectivity index (χ1v) is 10.5. The molecule has 0 saturated heterocycles. The number of nitrogens with one attached hydrogen (secondary N) is 1. The average Bonchev–Trinajstić information content (AvgIpc) is 3.12. The zero-order valence-corrected chi connectivity index (χ0v) is 16.0. The minimum Gasteiger partial charge on any atom is -0.349 e. The lowest BCUT2D eigenvalue weighted by molar-refractivity contribution is 0.0927. The zero-order valence-electron chi connectivity index (χ0n) is 15.2. The third kappa shape index (κ3) is 3.54. The van der Waals surface area contributed by atoms with Crippen molar-refractivity contribution < 1.29 is 4.79 Å². The quantitative estimate of drug-likeness (QED) is 0.595. The van der Waals surface area contributed by atoms with Crippen LogP contribution in [0.5, 0.6) is 0 Å². The summed E-state index contributed by atoms with van der Waals surface area (Å²) in [6.07, 6.45) is 6.00. The molecule has 3 heteroatoms.